The van der Waals surface area contributed by atoms with Crippen molar-refractivity contribution in [3.63, 3.8) is 0 Å². The Morgan fingerprint density at radius 3 is 2.32 bits per heavy atom. The SMILES string of the molecule is COC(=O)C1=C(OS(=O)(=O)c2ccc(C)cc2)CS(=O)(=O)C2[C@H](OC)C(=O)N12. The number of esters is 1. The van der Waals surface area contributed by atoms with E-state index in [1.165, 1.54) is 24.3 Å². The molecule has 0 N–H and O–H groups in total. The highest BCUT2D eigenvalue weighted by atomic mass is 32.2. The Hall–Kier alpha value is -2.44. The standard InChI is InChI=1S/C16H17NO9S2/c1-9-4-6-10(7-5-9)28(22,23)26-11-8-27(20,21)15-13(24-2)14(18)17(15)12(11)16(19)25-3/h4-7,13,15H,8H2,1-3H3/t13-,15?/m1/s1. The van der Waals surface area contributed by atoms with Gasteiger partial charge in [0.25, 0.3) is 5.91 Å². The molecule has 10 nitrogen and oxygen atoms in total. The lowest BCUT2D eigenvalue weighted by atomic mass is 10.1. The van der Waals surface area contributed by atoms with E-state index in [0.717, 1.165) is 19.8 Å². The Labute approximate surface area is 161 Å². The van der Waals surface area contributed by atoms with Gasteiger partial charge in [0.05, 0.1) is 7.11 Å². The summed E-state index contributed by atoms with van der Waals surface area (Å²) in [4.78, 5) is 24.9. The fourth-order valence-electron chi connectivity index (χ4n) is 2.97. The van der Waals surface area contributed by atoms with Crippen molar-refractivity contribution < 1.29 is 40.1 Å². The van der Waals surface area contributed by atoms with Crippen LogP contribution in [0.4, 0.5) is 0 Å². The van der Waals surface area contributed by atoms with E-state index in [-0.39, 0.29) is 4.90 Å². The lowest BCUT2D eigenvalue weighted by molar-refractivity contribution is -0.163. The van der Waals surface area contributed by atoms with Crippen LogP contribution < -0.4 is 0 Å². The van der Waals surface area contributed by atoms with Crippen molar-refractivity contribution in [3.8, 4) is 0 Å². The van der Waals surface area contributed by atoms with E-state index in [0.29, 0.717) is 4.90 Å². The summed E-state index contributed by atoms with van der Waals surface area (Å²) in [5, 5.41) is -1.45. The number of nitrogens with zero attached hydrogens (tertiary/aromatic N) is 1. The van der Waals surface area contributed by atoms with E-state index in [1.807, 2.05) is 0 Å². The topological polar surface area (TPSA) is 133 Å². The molecule has 28 heavy (non-hydrogen) atoms. The van der Waals surface area contributed by atoms with Crippen molar-refractivity contribution >= 4 is 31.8 Å². The zero-order chi connectivity index (χ0) is 20.9. The van der Waals surface area contributed by atoms with E-state index < -0.39 is 60.5 Å². The molecule has 0 bridgehead atoms. The van der Waals surface area contributed by atoms with Gasteiger partial charge < -0.3 is 13.7 Å². The van der Waals surface area contributed by atoms with E-state index in [9.17, 15) is 26.4 Å². The van der Waals surface area contributed by atoms with Gasteiger partial charge in [-0.25, -0.2) is 13.2 Å². The van der Waals surface area contributed by atoms with Crippen molar-refractivity contribution in [2.75, 3.05) is 20.0 Å². The summed E-state index contributed by atoms with van der Waals surface area (Å²) in [5.41, 5.74) is 0.226. The number of methoxy groups -OCH3 is 2. The van der Waals surface area contributed by atoms with Crippen molar-refractivity contribution in [3.05, 3.63) is 41.3 Å². The van der Waals surface area contributed by atoms with Crippen LogP contribution in [0.1, 0.15) is 5.56 Å². The van der Waals surface area contributed by atoms with Gasteiger partial charge in [0.1, 0.15) is 10.6 Å². The number of hydrogen-bond donors (Lipinski definition) is 0. The van der Waals surface area contributed by atoms with Crippen molar-refractivity contribution in [2.24, 2.45) is 0 Å². The number of amides is 1. The fourth-order valence-corrected chi connectivity index (χ4v) is 5.88. The van der Waals surface area contributed by atoms with Gasteiger partial charge in [0.15, 0.2) is 32.8 Å². The van der Waals surface area contributed by atoms with Gasteiger partial charge in [0, 0.05) is 7.11 Å². The maximum Gasteiger partial charge on any atom is 0.358 e. The van der Waals surface area contributed by atoms with E-state index in [2.05, 4.69) is 4.74 Å². The Morgan fingerprint density at radius 2 is 1.79 bits per heavy atom. The summed E-state index contributed by atoms with van der Waals surface area (Å²) < 4.78 is 64.7. The molecule has 12 heteroatoms. The molecular formula is C16H17NO9S2. The van der Waals surface area contributed by atoms with E-state index in [4.69, 9.17) is 8.92 Å². The van der Waals surface area contributed by atoms with Gasteiger partial charge in [-0.2, -0.15) is 8.42 Å². The second kappa shape index (κ2) is 6.87. The maximum absolute atomic E-state index is 12.6. The average molecular weight is 431 g/mol. The first kappa shape index (κ1) is 20.3. The van der Waals surface area contributed by atoms with Gasteiger partial charge in [-0.15, -0.1) is 0 Å². The smallest absolute Gasteiger partial charge is 0.358 e. The van der Waals surface area contributed by atoms with Crippen LogP contribution in [-0.2, 0) is 43.2 Å². The fraction of sp³-hybridized carbons (Fsp3) is 0.375. The normalized spacial score (nSPS) is 23.7. The highest BCUT2D eigenvalue weighted by Crippen LogP contribution is 2.39. The first-order valence-corrected chi connectivity index (χ1v) is 11.1. The van der Waals surface area contributed by atoms with Crippen LogP contribution in [-0.4, -0.2) is 65.1 Å². The minimum atomic E-state index is -4.45. The zero-order valence-corrected chi connectivity index (χ0v) is 16.7. The Kier molecular flexibility index (Phi) is 4.98. The van der Waals surface area contributed by atoms with Crippen LogP contribution in [0, 0.1) is 6.92 Å². The Morgan fingerprint density at radius 1 is 1.18 bits per heavy atom. The highest BCUT2D eigenvalue weighted by molar-refractivity contribution is 7.92. The minimum Gasteiger partial charge on any atom is -0.464 e. The summed E-state index contributed by atoms with van der Waals surface area (Å²) in [6.45, 7) is 1.75. The van der Waals surface area contributed by atoms with Gasteiger partial charge in [-0.3, -0.25) is 9.69 Å². The quantitative estimate of drug-likeness (QED) is 0.350. The lowest BCUT2D eigenvalue weighted by Crippen LogP contribution is -2.70. The van der Waals surface area contributed by atoms with Gasteiger partial charge in [-0.1, -0.05) is 17.7 Å². The number of rotatable bonds is 5. The average Bonchev–Trinajstić information content (AvgIpc) is 2.61. The monoisotopic (exact) mass is 431 g/mol. The molecule has 2 aliphatic heterocycles. The summed E-state index contributed by atoms with van der Waals surface area (Å²) in [6.07, 6.45) is -1.29. The maximum atomic E-state index is 12.6. The third-order valence-electron chi connectivity index (χ3n) is 4.35. The largest absolute Gasteiger partial charge is 0.464 e. The third kappa shape index (κ3) is 3.16. The predicted molar refractivity (Wildman–Crippen MR) is 93.7 cm³/mol. The number of sulfone groups is 1. The molecule has 1 saturated heterocycles. The summed E-state index contributed by atoms with van der Waals surface area (Å²) in [6, 6.07) is 5.61. The molecule has 2 aliphatic rings. The van der Waals surface area contributed by atoms with Crippen LogP contribution in [0.2, 0.25) is 0 Å². The molecule has 0 saturated carbocycles. The second-order valence-corrected chi connectivity index (χ2v) is 9.82. The molecule has 2 atom stereocenters. The summed E-state index contributed by atoms with van der Waals surface area (Å²) in [7, 11) is -6.36. The van der Waals surface area contributed by atoms with Crippen molar-refractivity contribution in [1.82, 2.24) is 4.90 Å². The van der Waals surface area contributed by atoms with Crippen LogP contribution >= 0.6 is 0 Å². The lowest BCUT2D eigenvalue weighted by Gasteiger charge is -2.47. The van der Waals surface area contributed by atoms with Gasteiger partial charge in [0.2, 0.25) is 0 Å². The number of benzene rings is 1. The molecular weight excluding hydrogens is 414 g/mol. The predicted octanol–water partition coefficient (Wildman–Crippen LogP) is -0.303. The third-order valence-corrected chi connectivity index (χ3v) is 7.48. The van der Waals surface area contributed by atoms with E-state index >= 15 is 0 Å². The van der Waals surface area contributed by atoms with Crippen molar-refractivity contribution in [1.29, 1.82) is 0 Å². The van der Waals surface area contributed by atoms with Crippen LogP contribution in [0.3, 0.4) is 0 Å². The number of hydrogen-bond acceptors (Lipinski definition) is 9. The molecule has 3 rings (SSSR count). The second-order valence-electron chi connectivity index (χ2n) is 6.18. The number of fused-ring (bicyclic) bond motifs is 1. The number of ether oxygens (including phenoxy) is 2. The molecule has 1 amide bonds. The molecule has 0 spiro atoms. The van der Waals surface area contributed by atoms with Gasteiger partial charge >= 0.3 is 16.1 Å². The van der Waals surface area contributed by atoms with Gasteiger partial charge in [-0.05, 0) is 19.1 Å². The molecule has 1 fully saturated rings. The van der Waals surface area contributed by atoms with Crippen LogP contribution in [0.15, 0.2) is 40.6 Å². The molecule has 1 aromatic rings. The number of carbonyl (C=O) groups excluding carboxylic acids is 2. The molecule has 0 aromatic heterocycles. The molecule has 0 radical (unpaired) electrons. The summed E-state index contributed by atoms with van der Waals surface area (Å²) in [5.74, 6) is -3.52. The molecule has 0 aliphatic carbocycles. The van der Waals surface area contributed by atoms with Crippen LogP contribution in [0.25, 0.3) is 0 Å². The Bertz CT molecular complexity index is 1070. The minimum absolute atomic E-state index is 0.237. The highest BCUT2D eigenvalue weighted by Gasteiger charge is 2.61. The summed E-state index contributed by atoms with van der Waals surface area (Å²) >= 11 is 0. The first-order chi connectivity index (χ1) is 13.0. The Balaban J connectivity index is 2.09. The first-order valence-electron chi connectivity index (χ1n) is 7.93. The molecule has 152 valence electrons. The number of carbonyl (C=O) groups is 2. The van der Waals surface area contributed by atoms with E-state index in [1.54, 1.807) is 6.92 Å². The number of aryl methyl sites for hydroxylation is 1. The van der Waals surface area contributed by atoms with Crippen molar-refractivity contribution in [2.45, 2.75) is 23.3 Å². The molecule has 1 unspecified atom stereocenters. The van der Waals surface area contributed by atoms with Crippen LogP contribution in [0.5, 0.6) is 0 Å². The molecule has 1 aromatic carbocycles. The zero-order valence-electron chi connectivity index (χ0n) is 15.1. The molecule has 2 heterocycles. The number of β-lactam (4-membered cyclic amide) rings is 1.